The molecule has 0 atom stereocenters. The molecule has 1 aromatic heterocycles. The van der Waals surface area contributed by atoms with Crippen LogP contribution in [0.1, 0.15) is 5.56 Å². The van der Waals surface area contributed by atoms with Crippen LogP contribution in [0.25, 0.3) is 0 Å². The maximum absolute atomic E-state index is 11.3. The third kappa shape index (κ3) is 3.57. The predicted molar refractivity (Wildman–Crippen MR) is 56.2 cm³/mol. The SMILES string of the molecule is Cc1csc(NC(=O)CN(C)C)c1. The van der Waals surface area contributed by atoms with Crippen molar-refractivity contribution in [1.29, 1.82) is 0 Å². The summed E-state index contributed by atoms with van der Waals surface area (Å²) in [7, 11) is 3.75. The Kier molecular flexibility index (Phi) is 3.45. The van der Waals surface area contributed by atoms with Gasteiger partial charge >= 0.3 is 0 Å². The number of nitrogens with one attached hydrogen (secondary N) is 1. The third-order valence-corrected chi connectivity index (χ3v) is 2.42. The molecule has 1 amide bonds. The number of aryl methyl sites for hydroxylation is 1. The van der Waals surface area contributed by atoms with Crippen molar-refractivity contribution in [3.8, 4) is 0 Å². The average molecular weight is 198 g/mol. The maximum atomic E-state index is 11.3. The minimum Gasteiger partial charge on any atom is -0.317 e. The molecule has 0 aromatic carbocycles. The highest BCUT2D eigenvalue weighted by Crippen LogP contribution is 2.18. The molecule has 3 nitrogen and oxygen atoms in total. The molecule has 0 fully saturated rings. The minimum atomic E-state index is 0.0341. The molecule has 1 aromatic rings. The molecule has 0 aliphatic rings. The summed E-state index contributed by atoms with van der Waals surface area (Å²) in [5.41, 5.74) is 1.19. The van der Waals surface area contributed by atoms with E-state index in [0.29, 0.717) is 6.54 Å². The van der Waals surface area contributed by atoms with Crippen LogP contribution in [0.3, 0.4) is 0 Å². The fourth-order valence-electron chi connectivity index (χ4n) is 0.961. The van der Waals surface area contributed by atoms with Crippen LogP contribution < -0.4 is 5.32 Å². The van der Waals surface area contributed by atoms with E-state index < -0.39 is 0 Å². The topological polar surface area (TPSA) is 32.3 Å². The van der Waals surface area contributed by atoms with Crippen LogP contribution in [0.4, 0.5) is 5.00 Å². The van der Waals surface area contributed by atoms with Crippen molar-refractivity contribution in [2.75, 3.05) is 26.0 Å². The Morgan fingerprint density at radius 1 is 1.62 bits per heavy atom. The van der Waals surface area contributed by atoms with Gasteiger partial charge < -0.3 is 10.2 Å². The van der Waals surface area contributed by atoms with Gasteiger partial charge in [-0.05, 0) is 38.0 Å². The van der Waals surface area contributed by atoms with E-state index in [2.05, 4.69) is 5.32 Å². The highest BCUT2D eigenvalue weighted by molar-refractivity contribution is 7.14. The number of rotatable bonds is 3. The summed E-state index contributed by atoms with van der Waals surface area (Å²) >= 11 is 1.55. The summed E-state index contributed by atoms with van der Waals surface area (Å²) in [5, 5.41) is 5.77. The first-order valence-corrected chi connectivity index (χ1v) is 4.95. The van der Waals surface area contributed by atoms with E-state index in [1.165, 1.54) is 5.56 Å². The summed E-state index contributed by atoms with van der Waals surface area (Å²) in [4.78, 5) is 13.1. The van der Waals surface area contributed by atoms with Gasteiger partial charge in [-0.2, -0.15) is 0 Å². The first-order chi connectivity index (χ1) is 6.08. The molecular weight excluding hydrogens is 184 g/mol. The number of anilines is 1. The molecule has 13 heavy (non-hydrogen) atoms. The third-order valence-electron chi connectivity index (χ3n) is 1.45. The Labute approximate surface area is 82.4 Å². The van der Waals surface area contributed by atoms with E-state index in [-0.39, 0.29) is 5.91 Å². The lowest BCUT2D eigenvalue weighted by atomic mass is 10.4. The number of thiophene rings is 1. The number of carbonyl (C=O) groups excluding carboxylic acids is 1. The number of hydrogen-bond acceptors (Lipinski definition) is 3. The highest BCUT2D eigenvalue weighted by Gasteiger charge is 2.04. The van der Waals surface area contributed by atoms with Crippen molar-refractivity contribution in [3.05, 3.63) is 17.0 Å². The molecule has 0 aliphatic heterocycles. The molecule has 1 rings (SSSR count). The number of likely N-dealkylation sites (N-methyl/N-ethyl adjacent to an activating group) is 1. The van der Waals surface area contributed by atoms with E-state index >= 15 is 0 Å². The van der Waals surface area contributed by atoms with Gasteiger partial charge in [0, 0.05) is 0 Å². The largest absolute Gasteiger partial charge is 0.317 e. The standard InChI is InChI=1S/C9H14N2OS/c1-7-4-9(13-6-7)10-8(12)5-11(2)3/h4,6H,5H2,1-3H3,(H,10,12). The van der Waals surface area contributed by atoms with Crippen LogP contribution in [-0.4, -0.2) is 31.4 Å². The number of hydrogen-bond donors (Lipinski definition) is 1. The summed E-state index contributed by atoms with van der Waals surface area (Å²) in [6.07, 6.45) is 0. The Morgan fingerprint density at radius 2 is 2.31 bits per heavy atom. The van der Waals surface area contributed by atoms with Crippen LogP contribution in [-0.2, 0) is 4.79 Å². The van der Waals surface area contributed by atoms with Crippen LogP contribution >= 0.6 is 11.3 Å². The molecule has 0 saturated heterocycles. The monoisotopic (exact) mass is 198 g/mol. The van der Waals surface area contributed by atoms with Crippen LogP contribution in [0.5, 0.6) is 0 Å². The second-order valence-corrected chi connectivity index (χ2v) is 4.19. The van der Waals surface area contributed by atoms with Gasteiger partial charge in [-0.15, -0.1) is 11.3 Å². The van der Waals surface area contributed by atoms with Gasteiger partial charge in [0.2, 0.25) is 5.91 Å². The van der Waals surface area contributed by atoms with E-state index in [1.807, 2.05) is 37.4 Å². The summed E-state index contributed by atoms with van der Waals surface area (Å²) in [6.45, 7) is 2.44. The average Bonchev–Trinajstić information content (AvgIpc) is 2.33. The molecule has 0 aliphatic carbocycles. The predicted octanol–water partition coefficient (Wildman–Crippen LogP) is 1.56. The summed E-state index contributed by atoms with van der Waals surface area (Å²) < 4.78 is 0. The van der Waals surface area contributed by atoms with Gasteiger partial charge in [-0.1, -0.05) is 0 Å². The van der Waals surface area contributed by atoms with E-state index in [1.54, 1.807) is 11.3 Å². The fraction of sp³-hybridized carbons (Fsp3) is 0.444. The lowest BCUT2D eigenvalue weighted by Crippen LogP contribution is -2.26. The number of nitrogens with zero attached hydrogens (tertiary/aromatic N) is 1. The Morgan fingerprint density at radius 3 is 2.77 bits per heavy atom. The van der Waals surface area contributed by atoms with Crippen molar-refractivity contribution in [2.24, 2.45) is 0 Å². The lowest BCUT2D eigenvalue weighted by molar-refractivity contribution is -0.116. The Bertz CT molecular complexity index is 294. The summed E-state index contributed by atoms with van der Waals surface area (Å²) in [5.74, 6) is 0.0341. The van der Waals surface area contributed by atoms with Crippen molar-refractivity contribution < 1.29 is 4.79 Å². The second-order valence-electron chi connectivity index (χ2n) is 3.27. The van der Waals surface area contributed by atoms with Gasteiger partial charge in [0.25, 0.3) is 0 Å². The van der Waals surface area contributed by atoms with Gasteiger partial charge in [-0.25, -0.2) is 0 Å². The van der Waals surface area contributed by atoms with Crippen LogP contribution in [0.2, 0.25) is 0 Å². The number of carbonyl (C=O) groups is 1. The Balaban J connectivity index is 2.45. The van der Waals surface area contributed by atoms with E-state index in [9.17, 15) is 4.79 Å². The lowest BCUT2D eigenvalue weighted by Gasteiger charge is -2.08. The zero-order valence-corrected chi connectivity index (χ0v) is 8.94. The maximum Gasteiger partial charge on any atom is 0.239 e. The molecule has 4 heteroatoms. The van der Waals surface area contributed by atoms with E-state index in [4.69, 9.17) is 0 Å². The first-order valence-electron chi connectivity index (χ1n) is 4.07. The van der Waals surface area contributed by atoms with Crippen molar-refractivity contribution in [3.63, 3.8) is 0 Å². The molecular formula is C9H14N2OS. The smallest absolute Gasteiger partial charge is 0.239 e. The molecule has 1 heterocycles. The Hall–Kier alpha value is -0.870. The minimum absolute atomic E-state index is 0.0341. The van der Waals surface area contributed by atoms with Crippen molar-refractivity contribution >= 4 is 22.2 Å². The van der Waals surface area contributed by atoms with E-state index in [0.717, 1.165) is 5.00 Å². The van der Waals surface area contributed by atoms with Crippen molar-refractivity contribution in [2.45, 2.75) is 6.92 Å². The van der Waals surface area contributed by atoms with Gasteiger partial charge in [-0.3, -0.25) is 4.79 Å². The molecule has 1 N–H and O–H groups in total. The normalized spacial score (nSPS) is 10.5. The van der Waals surface area contributed by atoms with Gasteiger partial charge in [0.1, 0.15) is 0 Å². The molecule has 0 bridgehead atoms. The second kappa shape index (κ2) is 4.39. The zero-order chi connectivity index (χ0) is 9.84. The highest BCUT2D eigenvalue weighted by atomic mass is 32.1. The van der Waals surface area contributed by atoms with Crippen molar-refractivity contribution in [1.82, 2.24) is 4.90 Å². The van der Waals surface area contributed by atoms with Gasteiger partial charge in [0.05, 0.1) is 11.5 Å². The quantitative estimate of drug-likeness (QED) is 0.799. The number of amides is 1. The van der Waals surface area contributed by atoms with Crippen LogP contribution in [0.15, 0.2) is 11.4 Å². The van der Waals surface area contributed by atoms with Crippen LogP contribution in [0, 0.1) is 6.92 Å². The first kappa shape index (κ1) is 10.2. The van der Waals surface area contributed by atoms with Gasteiger partial charge in [0.15, 0.2) is 0 Å². The molecule has 72 valence electrons. The molecule has 0 unspecified atom stereocenters. The molecule has 0 radical (unpaired) electrons. The summed E-state index contributed by atoms with van der Waals surface area (Å²) in [6, 6.07) is 1.97. The molecule has 0 saturated carbocycles. The molecule has 0 spiro atoms. The zero-order valence-electron chi connectivity index (χ0n) is 8.13. The fourth-order valence-corrected chi connectivity index (χ4v) is 1.77.